The first kappa shape index (κ1) is 15.5. The van der Waals surface area contributed by atoms with E-state index in [0.717, 1.165) is 42.1 Å². The number of aromatic hydroxyl groups is 1. The molecule has 1 aliphatic heterocycles. The third-order valence-electron chi connectivity index (χ3n) is 4.31. The lowest BCUT2D eigenvalue weighted by atomic mass is 10.1. The number of hydrogen-bond donors (Lipinski definition) is 2. The van der Waals surface area contributed by atoms with Crippen LogP contribution >= 0.6 is 11.3 Å². The molecule has 1 saturated heterocycles. The van der Waals surface area contributed by atoms with Crippen LogP contribution in [0.5, 0.6) is 5.75 Å². The highest BCUT2D eigenvalue weighted by molar-refractivity contribution is 7.10. The molecule has 118 valence electrons. The molecule has 0 saturated carbocycles. The van der Waals surface area contributed by atoms with Crippen LogP contribution in [0.2, 0.25) is 0 Å². The van der Waals surface area contributed by atoms with E-state index in [-0.39, 0.29) is 5.75 Å². The molecule has 0 aromatic carbocycles. The molecule has 0 amide bonds. The van der Waals surface area contributed by atoms with Crippen molar-refractivity contribution in [1.29, 1.82) is 0 Å². The van der Waals surface area contributed by atoms with Gasteiger partial charge in [-0.05, 0) is 56.3 Å². The quantitative estimate of drug-likeness (QED) is 0.888. The molecular weight excluding hydrogens is 296 g/mol. The van der Waals surface area contributed by atoms with Gasteiger partial charge >= 0.3 is 0 Å². The minimum Gasteiger partial charge on any atom is -0.506 e. The van der Waals surface area contributed by atoms with E-state index in [4.69, 9.17) is 0 Å². The summed E-state index contributed by atoms with van der Waals surface area (Å²) in [7, 11) is 0. The summed E-state index contributed by atoms with van der Waals surface area (Å²) in [6.07, 6.45) is 2.57. The molecule has 5 heteroatoms. The molecule has 2 aromatic rings. The van der Waals surface area contributed by atoms with Gasteiger partial charge in [0, 0.05) is 23.2 Å². The molecule has 3 heterocycles. The average Bonchev–Trinajstić information content (AvgIpc) is 3.15. The van der Waals surface area contributed by atoms with Gasteiger partial charge in [-0.25, -0.2) is 0 Å². The van der Waals surface area contributed by atoms with E-state index in [1.807, 2.05) is 30.5 Å². The van der Waals surface area contributed by atoms with Crippen molar-refractivity contribution in [2.75, 3.05) is 6.54 Å². The predicted molar refractivity (Wildman–Crippen MR) is 88.0 cm³/mol. The van der Waals surface area contributed by atoms with Crippen LogP contribution in [0.4, 0.5) is 0 Å². The third-order valence-corrected chi connectivity index (χ3v) is 5.28. The maximum absolute atomic E-state index is 10.4. The summed E-state index contributed by atoms with van der Waals surface area (Å²) >= 11 is 1.60. The van der Waals surface area contributed by atoms with Crippen molar-refractivity contribution >= 4 is 11.3 Å². The van der Waals surface area contributed by atoms with Crippen LogP contribution in [0.1, 0.15) is 41.6 Å². The van der Waals surface area contributed by atoms with E-state index in [1.165, 1.54) is 0 Å². The van der Waals surface area contributed by atoms with Crippen molar-refractivity contribution in [2.45, 2.75) is 44.9 Å². The second-order valence-corrected chi connectivity index (χ2v) is 6.93. The number of nitrogens with zero attached hydrogens (tertiary/aromatic N) is 2. The molecule has 4 nitrogen and oxygen atoms in total. The van der Waals surface area contributed by atoms with E-state index < -0.39 is 6.10 Å². The Morgan fingerprint density at radius 1 is 1.41 bits per heavy atom. The van der Waals surface area contributed by atoms with Gasteiger partial charge in [-0.15, -0.1) is 11.3 Å². The number of thiophene rings is 1. The third kappa shape index (κ3) is 3.48. The van der Waals surface area contributed by atoms with Crippen LogP contribution in [0.25, 0.3) is 0 Å². The van der Waals surface area contributed by atoms with Crippen LogP contribution < -0.4 is 0 Å². The topological polar surface area (TPSA) is 56.6 Å². The van der Waals surface area contributed by atoms with E-state index in [1.54, 1.807) is 17.4 Å². The molecule has 2 unspecified atom stereocenters. The first-order valence-corrected chi connectivity index (χ1v) is 8.62. The van der Waals surface area contributed by atoms with Crippen LogP contribution in [0.15, 0.2) is 29.6 Å². The van der Waals surface area contributed by atoms with E-state index >= 15 is 0 Å². The highest BCUT2D eigenvalue weighted by Gasteiger charge is 2.28. The lowest BCUT2D eigenvalue weighted by Gasteiger charge is -2.26. The van der Waals surface area contributed by atoms with Gasteiger partial charge in [0.05, 0.1) is 11.8 Å². The lowest BCUT2D eigenvalue weighted by molar-refractivity contribution is 0.119. The van der Waals surface area contributed by atoms with Gasteiger partial charge in [0.2, 0.25) is 0 Å². The molecule has 2 aromatic heterocycles. The Morgan fingerprint density at radius 3 is 3.05 bits per heavy atom. The highest BCUT2D eigenvalue weighted by Crippen LogP contribution is 2.31. The zero-order valence-electron chi connectivity index (χ0n) is 12.8. The second kappa shape index (κ2) is 6.77. The van der Waals surface area contributed by atoms with Crippen molar-refractivity contribution in [3.8, 4) is 5.75 Å². The zero-order valence-corrected chi connectivity index (χ0v) is 13.6. The Hall–Kier alpha value is -1.43. The number of aliphatic hydroxyl groups is 1. The Bertz CT molecular complexity index is 615. The summed E-state index contributed by atoms with van der Waals surface area (Å²) in [5, 5.41) is 22.3. The molecule has 2 atom stereocenters. The molecule has 0 radical (unpaired) electrons. The molecule has 22 heavy (non-hydrogen) atoms. The fourth-order valence-corrected chi connectivity index (χ4v) is 3.86. The summed E-state index contributed by atoms with van der Waals surface area (Å²) in [5.41, 5.74) is 1.65. The summed E-state index contributed by atoms with van der Waals surface area (Å²) in [6.45, 7) is 3.58. The standard InChI is InChI=1S/C17H22N2O2S/c1-12-6-7-15(20)14(18-12)11-19-8-2-4-13(19)10-16(21)17-5-3-9-22-17/h3,5-7,9,13,16,20-21H,2,4,8,10-11H2,1H3. The minimum absolute atomic E-state index is 0.259. The molecule has 1 aliphatic rings. The van der Waals surface area contributed by atoms with Crippen molar-refractivity contribution in [3.05, 3.63) is 45.9 Å². The summed E-state index contributed by atoms with van der Waals surface area (Å²) < 4.78 is 0. The summed E-state index contributed by atoms with van der Waals surface area (Å²) in [6, 6.07) is 7.84. The van der Waals surface area contributed by atoms with E-state index in [9.17, 15) is 10.2 Å². The molecule has 2 N–H and O–H groups in total. The number of aliphatic hydroxyl groups excluding tert-OH is 1. The van der Waals surface area contributed by atoms with Gasteiger partial charge in [-0.1, -0.05) is 6.07 Å². The largest absolute Gasteiger partial charge is 0.506 e. The second-order valence-electron chi connectivity index (χ2n) is 5.95. The summed E-state index contributed by atoms with van der Waals surface area (Å²) in [5.74, 6) is 0.259. The van der Waals surface area contributed by atoms with Crippen molar-refractivity contribution in [1.82, 2.24) is 9.88 Å². The fourth-order valence-electron chi connectivity index (χ4n) is 3.14. The van der Waals surface area contributed by atoms with Crippen molar-refractivity contribution in [2.24, 2.45) is 0 Å². The van der Waals surface area contributed by atoms with Crippen LogP contribution in [-0.4, -0.2) is 32.7 Å². The number of aromatic nitrogens is 1. The number of aryl methyl sites for hydroxylation is 1. The Morgan fingerprint density at radius 2 is 2.27 bits per heavy atom. The zero-order chi connectivity index (χ0) is 15.5. The van der Waals surface area contributed by atoms with Crippen molar-refractivity contribution < 1.29 is 10.2 Å². The number of pyridine rings is 1. The maximum atomic E-state index is 10.4. The lowest BCUT2D eigenvalue weighted by Crippen LogP contribution is -2.30. The van der Waals surface area contributed by atoms with Gasteiger partial charge in [0.25, 0.3) is 0 Å². The van der Waals surface area contributed by atoms with Gasteiger partial charge in [0.1, 0.15) is 5.75 Å². The molecular formula is C17H22N2O2S. The van der Waals surface area contributed by atoms with E-state index in [0.29, 0.717) is 12.6 Å². The minimum atomic E-state index is -0.398. The first-order chi connectivity index (χ1) is 10.6. The molecule has 0 aliphatic carbocycles. The monoisotopic (exact) mass is 318 g/mol. The number of hydrogen-bond acceptors (Lipinski definition) is 5. The molecule has 0 bridgehead atoms. The Balaban J connectivity index is 1.67. The summed E-state index contributed by atoms with van der Waals surface area (Å²) in [4.78, 5) is 7.81. The highest BCUT2D eigenvalue weighted by atomic mass is 32.1. The Kier molecular flexibility index (Phi) is 4.76. The number of likely N-dealkylation sites (tertiary alicyclic amines) is 1. The fraction of sp³-hybridized carbons (Fsp3) is 0.471. The normalized spacial score (nSPS) is 20.4. The van der Waals surface area contributed by atoms with Crippen molar-refractivity contribution in [3.63, 3.8) is 0 Å². The number of rotatable bonds is 5. The molecule has 1 fully saturated rings. The van der Waals surface area contributed by atoms with Gasteiger partial charge in [-0.2, -0.15) is 0 Å². The maximum Gasteiger partial charge on any atom is 0.138 e. The van der Waals surface area contributed by atoms with E-state index in [2.05, 4.69) is 9.88 Å². The molecule has 3 rings (SSSR count). The first-order valence-electron chi connectivity index (χ1n) is 7.74. The van der Waals surface area contributed by atoms with Gasteiger partial charge in [0.15, 0.2) is 0 Å². The predicted octanol–water partition coefficient (Wildman–Crippen LogP) is 3.25. The van der Waals surface area contributed by atoms with Gasteiger partial charge in [-0.3, -0.25) is 9.88 Å². The van der Waals surface area contributed by atoms with Crippen LogP contribution in [-0.2, 0) is 6.54 Å². The van der Waals surface area contributed by atoms with Crippen LogP contribution in [0, 0.1) is 6.92 Å². The van der Waals surface area contributed by atoms with Crippen LogP contribution in [0.3, 0.4) is 0 Å². The Labute approximate surface area is 135 Å². The smallest absolute Gasteiger partial charge is 0.138 e. The molecule has 0 spiro atoms. The SMILES string of the molecule is Cc1ccc(O)c(CN2CCCC2CC(O)c2cccs2)n1. The average molecular weight is 318 g/mol. The van der Waals surface area contributed by atoms with Gasteiger partial charge < -0.3 is 10.2 Å².